The van der Waals surface area contributed by atoms with Crippen LogP contribution in [0.2, 0.25) is 0 Å². The fourth-order valence-corrected chi connectivity index (χ4v) is 3.18. The minimum Gasteiger partial charge on any atom is -0.449 e. The molecule has 1 atom stereocenters. The second-order valence-corrected chi connectivity index (χ2v) is 6.57. The Hall–Kier alpha value is -2.86. The number of rotatable bonds is 7. The maximum Gasteiger partial charge on any atom is 0.341 e. The van der Waals surface area contributed by atoms with Crippen molar-refractivity contribution in [2.24, 2.45) is 0 Å². The number of nitrogens with one attached hydrogen (secondary N) is 2. The van der Waals surface area contributed by atoms with Gasteiger partial charge >= 0.3 is 5.97 Å². The van der Waals surface area contributed by atoms with Gasteiger partial charge in [0, 0.05) is 17.9 Å². The normalized spacial score (nSPS) is 13.6. The first-order valence-corrected chi connectivity index (χ1v) is 9.16. The van der Waals surface area contributed by atoms with Crippen molar-refractivity contribution in [3.63, 3.8) is 0 Å². The molecule has 1 aliphatic rings. The Kier molecular flexibility index (Phi) is 6.08. The highest BCUT2D eigenvalue weighted by atomic mass is 16.5. The van der Waals surface area contributed by atoms with Crippen molar-refractivity contribution in [2.45, 2.75) is 32.3 Å². The Balaban J connectivity index is 1.62. The van der Waals surface area contributed by atoms with Crippen LogP contribution < -0.4 is 10.6 Å². The monoisotopic (exact) mass is 368 g/mol. The standard InChI is InChI=1S/C21H24N2O4/c1-14(20(25)23-17-10-9-15-5-4-6-16(15)13-17)27-21(26)18-7-2-3-8-19(18)22-11-12-24/h2-3,7-10,13-14,22,24H,4-6,11-12H2,1H3,(H,23,25)/t14-/m0/s1. The van der Waals surface area contributed by atoms with E-state index in [4.69, 9.17) is 9.84 Å². The summed E-state index contributed by atoms with van der Waals surface area (Å²) < 4.78 is 5.33. The highest BCUT2D eigenvalue weighted by Crippen LogP contribution is 2.25. The number of para-hydroxylation sites is 1. The molecule has 0 radical (unpaired) electrons. The summed E-state index contributed by atoms with van der Waals surface area (Å²) in [7, 11) is 0. The summed E-state index contributed by atoms with van der Waals surface area (Å²) in [6.45, 7) is 1.81. The van der Waals surface area contributed by atoms with Crippen molar-refractivity contribution in [1.82, 2.24) is 0 Å². The lowest BCUT2D eigenvalue weighted by atomic mass is 10.1. The van der Waals surface area contributed by atoms with Crippen LogP contribution in [0.15, 0.2) is 42.5 Å². The maximum atomic E-state index is 12.4. The minimum absolute atomic E-state index is 0.0526. The summed E-state index contributed by atoms with van der Waals surface area (Å²) in [6, 6.07) is 12.7. The summed E-state index contributed by atoms with van der Waals surface area (Å²) in [6.07, 6.45) is 2.32. The molecule has 142 valence electrons. The molecule has 0 aliphatic heterocycles. The van der Waals surface area contributed by atoms with Crippen LogP contribution in [0.4, 0.5) is 11.4 Å². The molecule has 0 heterocycles. The molecule has 2 aromatic rings. The molecule has 1 aliphatic carbocycles. The second kappa shape index (κ2) is 8.68. The molecule has 0 saturated carbocycles. The largest absolute Gasteiger partial charge is 0.449 e. The topological polar surface area (TPSA) is 87.7 Å². The predicted molar refractivity (Wildman–Crippen MR) is 104 cm³/mol. The van der Waals surface area contributed by atoms with Crippen LogP contribution in [-0.2, 0) is 22.4 Å². The maximum absolute atomic E-state index is 12.4. The number of aliphatic hydroxyl groups excluding tert-OH is 1. The van der Waals surface area contributed by atoms with Crippen LogP contribution in [0.1, 0.15) is 34.8 Å². The molecular weight excluding hydrogens is 344 g/mol. The van der Waals surface area contributed by atoms with Gasteiger partial charge in [0.15, 0.2) is 6.10 Å². The quantitative estimate of drug-likeness (QED) is 0.654. The van der Waals surface area contributed by atoms with Gasteiger partial charge in [-0.1, -0.05) is 18.2 Å². The van der Waals surface area contributed by atoms with Gasteiger partial charge in [0.2, 0.25) is 0 Å². The number of anilines is 2. The Morgan fingerprint density at radius 3 is 2.74 bits per heavy atom. The van der Waals surface area contributed by atoms with E-state index in [0.29, 0.717) is 23.5 Å². The number of hydrogen-bond donors (Lipinski definition) is 3. The summed E-state index contributed by atoms with van der Waals surface area (Å²) in [5, 5.41) is 14.7. The number of fused-ring (bicyclic) bond motifs is 1. The van der Waals surface area contributed by atoms with Crippen molar-refractivity contribution in [3.8, 4) is 0 Å². The van der Waals surface area contributed by atoms with Gasteiger partial charge in [0.05, 0.1) is 12.2 Å². The van der Waals surface area contributed by atoms with Crippen molar-refractivity contribution in [1.29, 1.82) is 0 Å². The molecule has 1 amide bonds. The Bertz CT molecular complexity index is 835. The zero-order valence-corrected chi connectivity index (χ0v) is 15.3. The predicted octanol–water partition coefficient (Wildman–Crippen LogP) is 2.76. The lowest BCUT2D eigenvalue weighted by Crippen LogP contribution is -2.30. The van der Waals surface area contributed by atoms with E-state index in [2.05, 4.69) is 10.6 Å². The van der Waals surface area contributed by atoms with Crippen LogP contribution in [0.3, 0.4) is 0 Å². The molecule has 0 aromatic heterocycles. The van der Waals surface area contributed by atoms with E-state index in [9.17, 15) is 9.59 Å². The Morgan fingerprint density at radius 1 is 1.15 bits per heavy atom. The molecule has 27 heavy (non-hydrogen) atoms. The lowest BCUT2D eigenvalue weighted by molar-refractivity contribution is -0.123. The van der Waals surface area contributed by atoms with Crippen LogP contribution in [-0.4, -0.2) is 36.2 Å². The molecular formula is C21H24N2O4. The smallest absolute Gasteiger partial charge is 0.341 e. The first-order chi connectivity index (χ1) is 13.1. The van der Waals surface area contributed by atoms with Crippen LogP contribution >= 0.6 is 0 Å². The van der Waals surface area contributed by atoms with E-state index in [1.165, 1.54) is 11.1 Å². The van der Waals surface area contributed by atoms with Gasteiger partial charge in [-0.05, 0) is 61.6 Å². The Morgan fingerprint density at radius 2 is 1.93 bits per heavy atom. The van der Waals surface area contributed by atoms with Crippen molar-refractivity contribution >= 4 is 23.3 Å². The molecule has 0 unspecified atom stereocenters. The third-order valence-corrected chi connectivity index (χ3v) is 4.59. The van der Waals surface area contributed by atoms with Gasteiger partial charge in [0.1, 0.15) is 0 Å². The number of aliphatic hydroxyl groups is 1. The zero-order chi connectivity index (χ0) is 19.2. The van der Waals surface area contributed by atoms with Gasteiger partial charge in [0.25, 0.3) is 5.91 Å². The summed E-state index contributed by atoms with van der Waals surface area (Å²) in [4.78, 5) is 24.8. The second-order valence-electron chi connectivity index (χ2n) is 6.57. The van der Waals surface area contributed by atoms with E-state index >= 15 is 0 Å². The molecule has 2 aromatic carbocycles. The van der Waals surface area contributed by atoms with Gasteiger partial charge in [-0.25, -0.2) is 4.79 Å². The number of benzene rings is 2. The molecule has 6 heteroatoms. The lowest BCUT2D eigenvalue weighted by Gasteiger charge is -2.16. The summed E-state index contributed by atoms with van der Waals surface area (Å²) >= 11 is 0. The number of esters is 1. The third-order valence-electron chi connectivity index (χ3n) is 4.59. The van der Waals surface area contributed by atoms with E-state index in [1.807, 2.05) is 18.2 Å². The summed E-state index contributed by atoms with van der Waals surface area (Å²) in [5.41, 5.74) is 4.19. The minimum atomic E-state index is -0.934. The first-order valence-electron chi connectivity index (χ1n) is 9.16. The molecule has 6 nitrogen and oxygen atoms in total. The zero-order valence-electron chi connectivity index (χ0n) is 15.3. The third kappa shape index (κ3) is 4.65. The highest BCUT2D eigenvalue weighted by Gasteiger charge is 2.21. The number of hydrogen-bond acceptors (Lipinski definition) is 5. The van der Waals surface area contributed by atoms with E-state index in [1.54, 1.807) is 31.2 Å². The Labute approximate surface area is 158 Å². The molecule has 0 spiro atoms. The molecule has 0 bridgehead atoms. The molecule has 3 rings (SSSR count). The number of carbonyl (C=O) groups excluding carboxylic acids is 2. The average Bonchev–Trinajstić information content (AvgIpc) is 3.14. The molecule has 0 saturated heterocycles. The van der Waals surface area contributed by atoms with Gasteiger partial charge in [-0.15, -0.1) is 0 Å². The van der Waals surface area contributed by atoms with Gasteiger partial charge < -0.3 is 20.5 Å². The molecule has 3 N–H and O–H groups in total. The van der Waals surface area contributed by atoms with Crippen LogP contribution in [0.25, 0.3) is 0 Å². The number of aryl methyl sites for hydroxylation is 2. The van der Waals surface area contributed by atoms with Crippen LogP contribution in [0.5, 0.6) is 0 Å². The summed E-state index contributed by atoms with van der Waals surface area (Å²) in [5.74, 6) is -0.963. The first kappa shape index (κ1) is 18.9. The van der Waals surface area contributed by atoms with E-state index < -0.39 is 12.1 Å². The highest BCUT2D eigenvalue weighted by molar-refractivity contribution is 5.99. The fourth-order valence-electron chi connectivity index (χ4n) is 3.18. The van der Waals surface area contributed by atoms with Gasteiger partial charge in [-0.3, -0.25) is 4.79 Å². The average molecular weight is 368 g/mol. The number of carbonyl (C=O) groups is 2. The van der Waals surface area contributed by atoms with Crippen molar-refractivity contribution < 1.29 is 19.4 Å². The van der Waals surface area contributed by atoms with Crippen molar-refractivity contribution in [3.05, 3.63) is 59.2 Å². The number of ether oxygens (including phenoxy) is 1. The van der Waals surface area contributed by atoms with Crippen LogP contribution in [0, 0.1) is 0 Å². The van der Waals surface area contributed by atoms with Crippen molar-refractivity contribution in [2.75, 3.05) is 23.8 Å². The SMILES string of the molecule is C[C@H](OC(=O)c1ccccc1NCCO)C(=O)Nc1ccc2c(c1)CCC2. The van der Waals surface area contributed by atoms with E-state index in [-0.39, 0.29) is 12.5 Å². The number of amides is 1. The van der Waals surface area contributed by atoms with E-state index in [0.717, 1.165) is 19.3 Å². The molecule has 0 fully saturated rings. The fraction of sp³-hybridized carbons (Fsp3) is 0.333. The van der Waals surface area contributed by atoms with Gasteiger partial charge in [-0.2, -0.15) is 0 Å².